The Morgan fingerprint density at radius 3 is 2.89 bits per heavy atom. The van der Waals surface area contributed by atoms with Gasteiger partial charge in [0.25, 0.3) is 0 Å². The molecule has 0 radical (unpaired) electrons. The molecule has 100 valence electrons. The van der Waals surface area contributed by atoms with Crippen molar-refractivity contribution in [2.24, 2.45) is 0 Å². The Hall–Kier alpha value is -1.43. The molecule has 0 saturated heterocycles. The van der Waals surface area contributed by atoms with Crippen molar-refractivity contribution in [3.05, 3.63) is 50.9 Å². The highest BCUT2D eigenvalue weighted by molar-refractivity contribution is 7.11. The summed E-state index contributed by atoms with van der Waals surface area (Å²) in [6.45, 7) is 1.34. The van der Waals surface area contributed by atoms with E-state index in [0.717, 1.165) is 29.1 Å². The van der Waals surface area contributed by atoms with E-state index in [-0.39, 0.29) is 5.01 Å². The minimum atomic E-state index is -0.978. The number of carboxylic acid groups (broad SMARTS) is 1. The zero-order chi connectivity index (χ0) is 13.8. The fourth-order valence-electron chi connectivity index (χ4n) is 1.76. The fourth-order valence-corrected chi connectivity index (χ4v) is 2.62. The van der Waals surface area contributed by atoms with Gasteiger partial charge in [-0.15, -0.1) is 11.3 Å². The first kappa shape index (κ1) is 14.0. The summed E-state index contributed by atoms with van der Waals surface area (Å²) in [7, 11) is 1.96. The predicted molar refractivity (Wildman–Crippen MR) is 75.7 cm³/mol. The van der Waals surface area contributed by atoms with Gasteiger partial charge in [-0.05, 0) is 24.7 Å². The molecule has 0 bridgehead atoms. The molecule has 2 rings (SSSR count). The van der Waals surface area contributed by atoms with E-state index in [1.165, 1.54) is 0 Å². The Labute approximate surface area is 120 Å². The number of carboxylic acids is 1. The molecule has 6 heteroatoms. The van der Waals surface area contributed by atoms with Crippen LogP contribution in [0.3, 0.4) is 0 Å². The van der Waals surface area contributed by atoms with Gasteiger partial charge in [0.2, 0.25) is 5.01 Å². The molecule has 2 aromatic rings. The second-order valence-corrected chi connectivity index (χ2v) is 5.55. The van der Waals surface area contributed by atoms with Crippen LogP contribution in [0.5, 0.6) is 0 Å². The van der Waals surface area contributed by atoms with Crippen molar-refractivity contribution in [1.82, 2.24) is 9.88 Å². The number of aromatic carboxylic acids is 1. The maximum atomic E-state index is 10.7. The second-order valence-electron chi connectivity index (χ2n) is 4.25. The lowest BCUT2D eigenvalue weighted by atomic mass is 10.2. The molecule has 0 aliphatic carbocycles. The summed E-state index contributed by atoms with van der Waals surface area (Å²) in [6.07, 6.45) is 0. The smallest absolute Gasteiger partial charge is 0.365 e. The van der Waals surface area contributed by atoms with Crippen LogP contribution >= 0.6 is 22.9 Å². The fraction of sp³-hybridized carbons (Fsp3) is 0.231. The number of thiazole rings is 1. The van der Waals surface area contributed by atoms with Crippen molar-refractivity contribution in [3.63, 3.8) is 0 Å². The van der Waals surface area contributed by atoms with Crippen molar-refractivity contribution in [1.29, 1.82) is 0 Å². The molecule has 0 aliphatic heterocycles. The van der Waals surface area contributed by atoms with E-state index in [4.69, 9.17) is 16.7 Å². The molecular weight excluding hydrogens is 284 g/mol. The van der Waals surface area contributed by atoms with Gasteiger partial charge < -0.3 is 5.11 Å². The van der Waals surface area contributed by atoms with E-state index in [2.05, 4.69) is 9.88 Å². The molecular formula is C13H13ClN2O2S. The molecule has 0 saturated carbocycles. The lowest BCUT2D eigenvalue weighted by molar-refractivity contribution is 0.0696. The van der Waals surface area contributed by atoms with E-state index in [0.29, 0.717) is 11.6 Å². The van der Waals surface area contributed by atoms with Gasteiger partial charge in [-0.3, -0.25) is 4.90 Å². The molecule has 0 unspecified atom stereocenters. The average Bonchev–Trinajstić information content (AvgIpc) is 2.77. The SMILES string of the molecule is CN(Cc1cccc(Cl)c1)Cc1csc(C(=O)O)n1. The molecule has 19 heavy (non-hydrogen) atoms. The van der Waals surface area contributed by atoms with Crippen LogP contribution in [0.4, 0.5) is 0 Å². The third-order valence-electron chi connectivity index (χ3n) is 2.51. The van der Waals surface area contributed by atoms with Crippen LogP contribution in [0.2, 0.25) is 5.02 Å². The Kier molecular flexibility index (Phi) is 4.52. The number of aromatic nitrogens is 1. The Morgan fingerprint density at radius 1 is 1.47 bits per heavy atom. The molecule has 0 amide bonds. The van der Waals surface area contributed by atoms with Gasteiger partial charge in [0, 0.05) is 23.5 Å². The van der Waals surface area contributed by atoms with E-state index < -0.39 is 5.97 Å². The molecule has 1 heterocycles. The standard InChI is InChI=1S/C13H13ClN2O2S/c1-16(6-9-3-2-4-10(14)5-9)7-11-8-19-12(15-11)13(17)18/h2-5,8H,6-7H2,1H3,(H,17,18). The van der Waals surface area contributed by atoms with Crippen LogP contribution in [0, 0.1) is 0 Å². The molecule has 0 spiro atoms. The normalized spacial score (nSPS) is 10.9. The van der Waals surface area contributed by atoms with E-state index >= 15 is 0 Å². The van der Waals surface area contributed by atoms with Crippen LogP contribution in [-0.2, 0) is 13.1 Å². The molecule has 1 aromatic carbocycles. The number of benzene rings is 1. The van der Waals surface area contributed by atoms with Crippen LogP contribution < -0.4 is 0 Å². The van der Waals surface area contributed by atoms with Gasteiger partial charge in [-0.25, -0.2) is 9.78 Å². The predicted octanol–water partition coefficient (Wildman–Crippen LogP) is 3.13. The van der Waals surface area contributed by atoms with Gasteiger partial charge in [-0.2, -0.15) is 0 Å². The van der Waals surface area contributed by atoms with Crippen LogP contribution in [0.15, 0.2) is 29.6 Å². The Morgan fingerprint density at radius 2 is 2.26 bits per heavy atom. The molecule has 1 N–H and O–H groups in total. The lowest BCUT2D eigenvalue weighted by Crippen LogP contribution is -2.17. The average molecular weight is 297 g/mol. The number of nitrogens with zero attached hydrogens (tertiary/aromatic N) is 2. The zero-order valence-corrected chi connectivity index (χ0v) is 11.9. The molecule has 0 atom stereocenters. The summed E-state index contributed by atoms with van der Waals surface area (Å²) in [5, 5.41) is 11.4. The lowest BCUT2D eigenvalue weighted by Gasteiger charge is -2.15. The van der Waals surface area contributed by atoms with Crippen LogP contribution in [-0.4, -0.2) is 28.0 Å². The maximum Gasteiger partial charge on any atom is 0.365 e. The molecule has 0 fully saturated rings. The van der Waals surface area contributed by atoms with Crippen LogP contribution in [0.25, 0.3) is 0 Å². The largest absolute Gasteiger partial charge is 0.476 e. The molecule has 1 aromatic heterocycles. The highest BCUT2D eigenvalue weighted by Crippen LogP contribution is 2.15. The van der Waals surface area contributed by atoms with Gasteiger partial charge in [0.05, 0.1) is 5.69 Å². The minimum absolute atomic E-state index is 0.131. The third-order valence-corrected chi connectivity index (χ3v) is 3.62. The highest BCUT2D eigenvalue weighted by Gasteiger charge is 2.10. The van der Waals surface area contributed by atoms with E-state index in [1.54, 1.807) is 5.38 Å². The van der Waals surface area contributed by atoms with Gasteiger partial charge >= 0.3 is 5.97 Å². The monoisotopic (exact) mass is 296 g/mol. The second kappa shape index (κ2) is 6.14. The Bertz CT molecular complexity index is 586. The summed E-state index contributed by atoms with van der Waals surface area (Å²) in [5.41, 5.74) is 1.88. The first-order valence-corrected chi connectivity index (χ1v) is 6.91. The zero-order valence-electron chi connectivity index (χ0n) is 10.3. The highest BCUT2D eigenvalue weighted by atomic mass is 35.5. The molecule has 4 nitrogen and oxygen atoms in total. The van der Waals surface area contributed by atoms with Crippen molar-refractivity contribution in [3.8, 4) is 0 Å². The number of hydrogen-bond donors (Lipinski definition) is 1. The number of halogens is 1. The Balaban J connectivity index is 1.97. The molecule has 0 aliphatic rings. The summed E-state index contributed by atoms with van der Waals surface area (Å²) in [4.78, 5) is 16.9. The number of carbonyl (C=O) groups is 1. The van der Waals surface area contributed by atoms with Crippen molar-refractivity contribution in [2.45, 2.75) is 13.1 Å². The quantitative estimate of drug-likeness (QED) is 0.921. The number of hydrogen-bond acceptors (Lipinski definition) is 4. The summed E-state index contributed by atoms with van der Waals surface area (Å²) in [5.74, 6) is -0.978. The van der Waals surface area contributed by atoms with Crippen molar-refractivity contribution in [2.75, 3.05) is 7.05 Å². The summed E-state index contributed by atoms with van der Waals surface area (Å²) >= 11 is 7.08. The maximum absolute atomic E-state index is 10.7. The van der Waals surface area contributed by atoms with Crippen molar-refractivity contribution < 1.29 is 9.90 Å². The first-order valence-electron chi connectivity index (χ1n) is 5.65. The summed E-state index contributed by atoms with van der Waals surface area (Å²) < 4.78 is 0. The van der Waals surface area contributed by atoms with E-state index in [9.17, 15) is 4.79 Å². The first-order chi connectivity index (χ1) is 9.04. The third kappa shape index (κ3) is 4.02. The van der Waals surface area contributed by atoms with Crippen LogP contribution in [0.1, 0.15) is 21.1 Å². The topological polar surface area (TPSA) is 53.4 Å². The minimum Gasteiger partial charge on any atom is -0.476 e. The van der Waals surface area contributed by atoms with Gasteiger partial charge in [-0.1, -0.05) is 23.7 Å². The van der Waals surface area contributed by atoms with Gasteiger partial charge in [0.15, 0.2) is 0 Å². The van der Waals surface area contributed by atoms with Gasteiger partial charge in [0.1, 0.15) is 0 Å². The van der Waals surface area contributed by atoms with E-state index in [1.807, 2.05) is 31.3 Å². The summed E-state index contributed by atoms with van der Waals surface area (Å²) in [6, 6.07) is 7.68. The van der Waals surface area contributed by atoms with Crippen molar-refractivity contribution >= 4 is 28.9 Å². The number of rotatable bonds is 5.